The minimum atomic E-state index is -3.49. The van der Waals surface area contributed by atoms with E-state index < -0.39 is 10.0 Å². The number of piperazine rings is 1. The Bertz CT molecular complexity index is 870. The van der Waals surface area contributed by atoms with Gasteiger partial charge in [0.25, 0.3) is 0 Å². The molecule has 6 nitrogen and oxygen atoms in total. The molecule has 0 amide bonds. The van der Waals surface area contributed by atoms with E-state index >= 15 is 0 Å². The zero-order valence-corrected chi connectivity index (χ0v) is 18.7. The van der Waals surface area contributed by atoms with Crippen molar-refractivity contribution in [3.63, 3.8) is 0 Å². The first kappa shape index (κ1) is 21.3. The Morgan fingerprint density at radius 1 is 1.07 bits per heavy atom. The summed E-state index contributed by atoms with van der Waals surface area (Å²) in [7, 11) is 2.67. The lowest BCUT2D eigenvalue weighted by molar-refractivity contribution is 0.113. The number of benzene rings is 1. The third kappa shape index (κ3) is 5.12. The van der Waals surface area contributed by atoms with Crippen LogP contribution < -0.4 is 9.62 Å². The van der Waals surface area contributed by atoms with Crippen LogP contribution in [-0.4, -0.2) is 72.1 Å². The molecular formula is C20H30N4O2S2. The van der Waals surface area contributed by atoms with Crippen LogP contribution in [0.5, 0.6) is 0 Å². The standard InChI is InChI=1S/C20H30N4O2S2/c1-16-5-10-20(27-16)28(25,26)21-15-19(24-13-11-23(4)12-14-24)17-6-8-18(9-7-17)22(2)3/h5-10,19,21H,11-15H2,1-4H3. The molecule has 1 aromatic carbocycles. The first-order chi connectivity index (χ1) is 13.3. The summed E-state index contributed by atoms with van der Waals surface area (Å²) in [5.74, 6) is 0. The first-order valence-corrected chi connectivity index (χ1v) is 11.8. The van der Waals surface area contributed by atoms with Crippen molar-refractivity contribution >= 4 is 27.0 Å². The lowest BCUT2D eigenvalue weighted by atomic mass is 10.0. The van der Waals surface area contributed by atoms with E-state index in [0.29, 0.717) is 10.8 Å². The molecule has 0 saturated carbocycles. The molecule has 1 aliphatic rings. The summed E-state index contributed by atoms with van der Waals surface area (Å²) in [6.07, 6.45) is 0. The summed E-state index contributed by atoms with van der Waals surface area (Å²) in [5.41, 5.74) is 2.27. The van der Waals surface area contributed by atoms with Crippen LogP contribution in [0, 0.1) is 6.92 Å². The van der Waals surface area contributed by atoms with Gasteiger partial charge in [-0.15, -0.1) is 11.3 Å². The Labute approximate surface area is 172 Å². The molecule has 0 bridgehead atoms. The summed E-state index contributed by atoms with van der Waals surface area (Å²) in [5, 5.41) is 0. The third-order valence-electron chi connectivity index (χ3n) is 5.22. The maximum absolute atomic E-state index is 12.7. The molecule has 1 aliphatic heterocycles. The highest BCUT2D eigenvalue weighted by Crippen LogP contribution is 2.26. The SMILES string of the molecule is Cc1ccc(S(=O)(=O)NCC(c2ccc(N(C)C)cc2)N2CCN(C)CC2)s1. The van der Waals surface area contributed by atoms with Gasteiger partial charge < -0.3 is 9.80 Å². The molecule has 28 heavy (non-hydrogen) atoms. The Balaban J connectivity index is 1.80. The van der Waals surface area contributed by atoms with Crippen LogP contribution in [0.2, 0.25) is 0 Å². The summed E-state index contributed by atoms with van der Waals surface area (Å²) >= 11 is 1.31. The van der Waals surface area contributed by atoms with Gasteiger partial charge in [-0.1, -0.05) is 12.1 Å². The van der Waals surface area contributed by atoms with E-state index in [4.69, 9.17) is 0 Å². The van der Waals surface area contributed by atoms with Gasteiger partial charge in [-0.05, 0) is 43.8 Å². The minimum Gasteiger partial charge on any atom is -0.378 e. The van der Waals surface area contributed by atoms with E-state index in [1.54, 1.807) is 6.07 Å². The van der Waals surface area contributed by atoms with Gasteiger partial charge in [-0.3, -0.25) is 4.90 Å². The number of aryl methyl sites for hydroxylation is 1. The highest BCUT2D eigenvalue weighted by atomic mass is 32.2. The Kier molecular flexibility index (Phi) is 6.77. The van der Waals surface area contributed by atoms with Crippen molar-refractivity contribution in [2.75, 3.05) is 58.8 Å². The topological polar surface area (TPSA) is 55.9 Å². The molecule has 8 heteroatoms. The number of hydrogen-bond acceptors (Lipinski definition) is 6. The number of thiophene rings is 1. The first-order valence-electron chi connectivity index (χ1n) is 9.52. The number of anilines is 1. The monoisotopic (exact) mass is 422 g/mol. The number of likely N-dealkylation sites (N-methyl/N-ethyl adjacent to an activating group) is 1. The van der Waals surface area contributed by atoms with E-state index in [0.717, 1.165) is 42.3 Å². The van der Waals surface area contributed by atoms with Gasteiger partial charge in [-0.25, -0.2) is 13.1 Å². The minimum absolute atomic E-state index is 0.0146. The quantitative estimate of drug-likeness (QED) is 0.743. The molecule has 0 radical (unpaired) electrons. The fourth-order valence-corrected chi connectivity index (χ4v) is 5.77. The summed E-state index contributed by atoms with van der Waals surface area (Å²) in [6, 6.07) is 12.0. The van der Waals surface area contributed by atoms with Crippen molar-refractivity contribution in [1.29, 1.82) is 0 Å². The average Bonchev–Trinajstić information content (AvgIpc) is 3.11. The van der Waals surface area contributed by atoms with Gasteiger partial charge in [0.15, 0.2) is 0 Å². The molecule has 1 unspecified atom stereocenters. The van der Waals surface area contributed by atoms with E-state index in [1.165, 1.54) is 11.3 Å². The molecule has 2 heterocycles. The molecule has 1 aromatic heterocycles. The Hall–Kier alpha value is -1.45. The van der Waals surface area contributed by atoms with Crippen LogP contribution in [0.15, 0.2) is 40.6 Å². The molecule has 1 saturated heterocycles. The molecule has 2 aromatic rings. The van der Waals surface area contributed by atoms with Gasteiger partial charge in [0.2, 0.25) is 10.0 Å². The maximum atomic E-state index is 12.7. The van der Waals surface area contributed by atoms with Crippen LogP contribution in [-0.2, 0) is 10.0 Å². The molecule has 1 atom stereocenters. The van der Waals surface area contributed by atoms with Gasteiger partial charge in [0.05, 0.1) is 0 Å². The van der Waals surface area contributed by atoms with Gasteiger partial charge in [-0.2, -0.15) is 0 Å². The second-order valence-corrected chi connectivity index (χ2v) is 10.8. The number of nitrogens with zero attached hydrogens (tertiary/aromatic N) is 3. The third-order valence-corrected chi connectivity index (χ3v) is 8.14. The number of rotatable bonds is 7. The van der Waals surface area contributed by atoms with Crippen LogP contribution in [0.4, 0.5) is 5.69 Å². The highest BCUT2D eigenvalue weighted by Gasteiger charge is 2.26. The van der Waals surface area contributed by atoms with E-state index in [9.17, 15) is 8.42 Å². The zero-order valence-electron chi connectivity index (χ0n) is 17.1. The van der Waals surface area contributed by atoms with Crippen molar-refractivity contribution in [3.05, 3.63) is 46.8 Å². The molecule has 1 fully saturated rings. The second-order valence-electron chi connectivity index (χ2n) is 7.56. The number of hydrogen-bond donors (Lipinski definition) is 1. The number of nitrogens with one attached hydrogen (secondary N) is 1. The maximum Gasteiger partial charge on any atom is 0.250 e. The lowest BCUT2D eigenvalue weighted by Gasteiger charge is -2.38. The molecular weight excluding hydrogens is 392 g/mol. The van der Waals surface area contributed by atoms with E-state index in [1.807, 2.05) is 27.1 Å². The predicted molar refractivity (Wildman–Crippen MR) is 117 cm³/mol. The van der Waals surface area contributed by atoms with Crippen molar-refractivity contribution in [2.45, 2.75) is 17.2 Å². The molecule has 3 rings (SSSR count). The van der Waals surface area contributed by atoms with Crippen molar-refractivity contribution < 1.29 is 8.42 Å². The summed E-state index contributed by atoms with van der Waals surface area (Å²) in [4.78, 5) is 7.75. The molecule has 0 spiro atoms. The normalized spacial score (nSPS) is 17.6. The Morgan fingerprint density at radius 2 is 1.71 bits per heavy atom. The van der Waals surface area contributed by atoms with Gasteiger partial charge >= 0.3 is 0 Å². The van der Waals surface area contributed by atoms with Crippen molar-refractivity contribution in [3.8, 4) is 0 Å². The van der Waals surface area contributed by atoms with Gasteiger partial charge in [0, 0.05) is 63.4 Å². The summed E-state index contributed by atoms with van der Waals surface area (Å²) in [6.45, 7) is 6.12. The largest absolute Gasteiger partial charge is 0.378 e. The lowest BCUT2D eigenvalue weighted by Crippen LogP contribution is -2.48. The fourth-order valence-electron chi connectivity index (χ4n) is 3.40. The summed E-state index contributed by atoms with van der Waals surface area (Å²) < 4.78 is 28.7. The Morgan fingerprint density at radius 3 is 2.25 bits per heavy atom. The molecule has 1 N–H and O–H groups in total. The molecule has 154 valence electrons. The smallest absolute Gasteiger partial charge is 0.250 e. The van der Waals surface area contributed by atoms with Crippen LogP contribution in [0.1, 0.15) is 16.5 Å². The highest BCUT2D eigenvalue weighted by molar-refractivity contribution is 7.91. The van der Waals surface area contributed by atoms with Crippen LogP contribution in [0.3, 0.4) is 0 Å². The molecule has 0 aliphatic carbocycles. The number of sulfonamides is 1. The van der Waals surface area contributed by atoms with Crippen molar-refractivity contribution in [2.24, 2.45) is 0 Å². The van der Waals surface area contributed by atoms with Crippen LogP contribution >= 0.6 is 11.3 Å². The zero-order chi connectivity index (χ0) is 20.3. The fraction of sp³-hybridized carbons (Fsp3) is 0.500. The van der Waals surface area contributed by atoms with Crippen molar-refractivity contribution in [1.82, 2.24) is 14.5 Å². The second kappa shape index (κ2) is 8.92. The van der Waals surface area contributed by atoms with Crippen LogP contribution in [0.25, 0.3) is 0 Å². The van der Waals surface area contributed by atoms with Gasteiger partial charge in [0.1, 0.15) is 4.21 Å². The van der Waals surface area contributed by atoms with E-state index in [-0.39, 0.29) is 6.04 Å². The predicted octanol–water partition coefficient (Wildman–Crippen LogP) is 2.39. The van der Waals surface area contributed by atoms with E-state index in [2.05, 4.69) is 50.7 Å². The average molecular weight is 423 g/mol.